The molecule has 1 saturated carbocycles. The molecule has 0 atom stereocenters. The number of anilines is 1. The summed E-state index contributed by atoms with van der Waals surface area (Å²) in [5, 5.41) is 7.18. The molecule has 3 aromatic rings. The Morgan fingerprint density at radius 2 is 1.50 bits per heavy atom. The van der Waals surface area contributed by atoms with Crippen molar-refractivity contribution in [1.29, 1.82) is 0 Å². The molecular formula is C27H37N3OSi. The molecule has 1 aromatic heterocycles. The molecule has 4 nitrogen and oxygen atoms in total. The Kier molecular flexibility index (Phi) is 6.87. The topological polar surface area (TPSA) is 53.1 Å². The second kappa shape index (κ2) is 9.63. The quantitative estimate of drug-likeness (QED) is 0.509. The van der Waals surface area contributed by atoms with Crippen molar-refractivity contribution in [2.75, 3.05) is 12.3 Å². The minimum Gasteiger partial charge on any atom is -0.407 e. The summed E-state index contributed by atoms with van der Waals surface area (Å²) in [6.45, 7) is 7.86. The fourth-order valence-corrected chi connectivity index (χ4v) is 9.97. The molecule has 1 aliphatic carbocycles. The van der Waals surface area contributed by atoms with Crippen molar-refractivity contribution < 1.29 is 4.43 Å². The van der Waals surface area contributed by atoms with Gasteiger partial charge >= 0.3 is 0 Å². The summed E-state index contributed by atoms with van der Waals surface area (Å²) >= 11 is 0. The molecule has 0 radical (unpaired) electrons. The number of nitrogen functional groups attached to an aromatic ring is 1. The molecule has 1 fully saturated rings. The molecule has 170 valence electrons. The van der Waals surface area contributed by atoms with Crippen LogP contribution in [-0.2, 0) is 4.43 Å². The minimum absolute atomic E-state index is 0.0351. The molecule has 0 aliphatic heterocycles. The van der Waals surface area contributed by atoms with Gasteiger partial charge in [-0.15, -0.1) is 0 Å². The molecular weight excluding hydrogens is 410 g/mol. The van der Waals surface area contributed by atoms with E-state index in [1.807, 2.05) is 6.20 Å². The third kappa shape index (κ3) is 4.69. The smallest absolute Gasteiger partial charge is 0.261 e. The average molecular weight is 448 g/mol. The SMILES string of the molecule is CC(C)(C)[Si](OCCC1CCC(n2cc(N)cn2)CC1)(c1ccccc1)c1ccccc1. The number of aromatic nitrogens is 2. The zero-order valence-corrected chi connectivity index (χ0v) is 20.7. The van der Waals surface area contributed by atoms with Gasteiger partial charge in [-0.25, -0.2) is 0 Å². The molecule has 0 spiro atoms. The predicted molar refractivity (Wildman–Crippen MR) is 136 cm³/mol. The highest BCUT2D eigenvalue weighted by molar-refractivity contribution is 6.99. The molecule has 0 unspecified atom stereocenters. The standard InChI is InChI=1S/C27H37N3OSi/c1-27(2,3)32(25-10-6-4-7-11-25,26-12-8-5-9-13-26)31-19-18-22-14-16-24(17-15-22)30-21-23(28)20-29-30/h4-13,20-22,24H,14-19,28H2,1-3H3. The van der Waals surface area contributed by atoms with Gasteiger partial charge in [-0.05, 0) is 53.4 Å². The summed E-state index contributed by atoms with van der Waals surface area (Å²) in [5.74, 6) is 0.720. The van der Waals surface area contributed by atoms with Gasteiger partial charge in [0.1, 0.15) is 0 Å². The zero-order valence-electron chi connectivity index (χ0n) is 19.7. The van der Waals surface area contributed by atoms with E-state index in [1.54, 1.807) is 6.20 Å². The van der Waals surface area contributed by atoms with Gasteiger partial charge in [-0.3, -0.25) is 4.68 Å². The van der Waals surface area contributed by atoms with Crippen LogP contribution < -0.4 is 16.1 Å². The van der Waals surface area contributed by atoms with Gasteiger partial charge in [-0.2, -0.15) is 5.10 Å². The van der Waals surface area contributed by atoms with Gasteiger partial charge in [0.15, 0.2) is 0 Å². The molecule has 0 saturated heterocycles. The lowest BCUT2D eigenvalue weighted by molar-refractivity contribution is 0.206. The first-order valence-electron chi connectivity index (χ1n) is 11.9. The highest BCUT2D eigenvalue weighted by atomic mass is 28.4. The molecule has 2 N–H and O–H groups in total. The fourth-order valence-electron chi connectivity index (χ4n) is 5.39. The van der Waals surface area contributed by atoms with E-state index in [0.717, 1.165) is 24.6 Å². The van der Waals surface area contributed by atoms with Crippen LogP contribution in [0.15, 0.2) is 73.1 Å². The lowest BCUT2D eigenvalue weighted by atomic mass is 9.84. The van der Waals surface area contributed by atoms with Gasteiger partial charge in [0.2, 0.25) is 0 Å². The molecule has 4 rings (SSSR count). The number of rotatable bonds is 7. The van der Waals surface area contributed by atoms with Crippen molar-refractivity contribution >= 4 is 24.4 Å². The zero-order chi connectivity index (χ0) is 22.6. The van der Waals surface area contributed by atoms with Crippen LogP contribution in [0.2, 0.25) is 5.04 Å². The van der Waals surface area contributed by atoms with Gasteiger partial charge < -0.3 is 10.2 Å². The fraction of sp³-hybridized carbons (Fsp3) is 0.444. The van der Waals surface area contributed by atoms with Gasteiger partial charge in [0, 0.05) is 12.8 Å². The molecule has 32 heavy (non-hydrogen) atoms. The molecule has 0 bridgehead atoms. The van der Waals surface area contributed by atoms with Crippen LogP contribution in [0.4, 0.5) is 5.69 Å². The summed E-state index contributed by atoms with van der Waals surface area (Å²) in [5.41, 5.74) is 6.61. The normalized spacial score (nSPS) is 19.7. The van der Waals surface area contributed by atoms with Crippen LogP contribution in [0.3, 0.4) is 0 Å². The first-order chi connectivity index (χ1) is 15.4. The van der Waals surface area contributed by atoms with Crippen LogP contribution in [0.5, 0.6) is 0 Å². The molecule has 1 aliphatic rings. The molecule has 0 amide bonds. The lowest BCUT2D eigenvalue weighted by Crippen LogP contribution is -2.66. The average Bonchev–Trinajstić information content (AvgIpc) is 3.24. The van der Waals surface area contributed by atoms with Gasteiger partial charge in [0.25, 0.3) is 8.32 Å². The maximum Gasteiger partial charge on any atom is 0.261 e. The third-order valence-electron chi connectivity index (χ3n) is 7.07. The van der Waals surface area contributed by atoms with E-state index in [9.17, 15) is 0 Å². The monoisotopic (exact) mass is 447 g/mol. The number of nitrogens with two attached hydrogens (primary N) is 1. The van der Waals surface area contributed by atoms with Crippen LogP contribution in [-0.4, -0.2) is 24.7 Å². The summed E-state index contributed by atoms with van der Waals surface area (Å²) in [4.78, 5) is 0. The summed E-state index contributed by atoms with van der Waals surface area (Å²) in [6, 6.07) is 22.4. The van der Waals surface area contributed by atoms with E-state index in [-0.39, 0.29) is 5.04 Å². The third-order valence-corrected chi connectivity index (χ3v) is 12.1. The Morgan fingerprint density at radius 1 is 0.938 bits per heavy atom. The van der Waals surface area contributed by atoms with Crippen molar-refractivity contribution in [3.05, 3.63) is 73.1 Å². The van der Waals surface area contributed by atoms with Crippen molar-refractivity contribution in [3.8, 4) is 0 Å². The van der Waals surface area contributed by atoms with Crippen LogP contribution >= 0.6 is 0 Å². The van der Waals surface area contributed by atoms with Crippen molar-refractivity contribution in [2.24, 2.45) is 5.92 Å². The molecule has 5 heteroatoms. The number of benzene rings is 2. The first-order valence-corrected chi connectivity index (χ1v) is 13.9. The predicted octanol–water partition coefficient (Wildman–Crippen LogP) is 5.16. The van der Waals surface area contributed by atoms with E-state index < -0.39 is 8.32 Å². The second-order valence-corrected chi connectivity index (χ2v) is 14.5. The Balaban J connectivity index is 1.47. The van der Waals surface area contributed by atoms with E-state index in [2.05, 4.69) is 91.2 Å². The maximum absolute atomic E-state index is 7.09. The van der Waals surface area contributed by atoms with E-state index in [1.165, 1.54) is 36.1 Å². The summed E-state index contributed by atoms with van der Waals surface area (Å²) in [7, 11) is -2.43. The number of hydrogen-bond acceptors (Lipinski definition) is 3. The first kappa shape index (κ1) is 22.8. The Labute approximate surface area is 193 Å². The van der Waals surface area contributed by atoms with E-state index in [4.69, 9.17) is 10.2 Å². The second-order valence-electron chi connectivity index (χ2n) is 10.2. The van der Waals surface area contributed by atoms with Crippen molar-refractivity contribution in [2.45, 2.75) is 64.0 Å². The van der Waals surface area contributed by atoms with Crippen LogP contribution in [0.25, 0.3) is 0 Å². The van der Waals surface area contributed by atoms with Crippen LogP contribution in [0.1, 0.15) is 58.9 Å². The highest BCUT2D eigenvalue weighted by Crippen LogP contribution is 2.38. The Bertz CT molecular complexity index is 933. The number of nitrogens with zero attached hydrogens (tertiary/aromatic N) is 2. The van der Waals surface area contributed by atoms with Crippen molar-refractivity contribution in [3.63, 3.8) is 0 Å². The number of hydrogen-bond donors (Lipinski definition) is 1. The van der Waals surface area contributed by atoms with E-state index in [0.29, 0.717) is 6.04 Å². The van der Waals surface area contributed by atoms with Gasteiger partial charge in [0.05, 0.1) is 17.9 Å². The highest BCUT2D eigenvalue weighted by Gasteiger charge is 2.50. The largest absolute Gasteiger partial charge is 0.407 e. The molecule has 2 aromatic carbocycles. The van der Waals surface area contributed by atoms with Gasteiger partial charge in [-0.1, -0.05) is 81.4 Å². The maximum atomic E-state index is 7.09. The lowest BCUT2D eigenvalue weighted by Gasteiger charge is -2.43. The van der Waals surface area contributed by atoms with Crippen LogP contribution in [0, 0.1) is 5.92 Å². The van der Waals surface area contributed by atoms with Crippen molar-refractivity contribution in [1.82, 2.24) is 9.78 Å². The minimum atomic E-state index is -2.43. The van der Waals surface area contributed by atoms with E-state index >= 15 is 0 Å². The summed E-state index contributed by atoms with van der Waals surface area (Å²) in [6.07, 6.45) is 9.65. The Morgan fingerprint density at radius 3 is 1.97 bits per heavy atom. The summed E-state index contributed by atoms with van der Waals surface area (Å²) < 4.78 is 9.15. The molecule has 1 heterocycles. The Hall–Kier alpha value is -2.37.